The van der Waals surface area contributed by atoms with Gasteiger partial charge in [-0.1, -0.05) is 46.3 Å². The molecule has 0 aromatic carbocycles. The van der Waals surface area contributed by atoms with E-state index in [4.69, 9.17) is 18.9 Å². The van der Waals surface area contributed by atoms with E-state index in [2.05, 4.69) is 40.7 Å². The van der Waals surface area contributed by atoms with Crippen LogP contribution in [0.2, 0.25) is 0 Å². The Kier molecular flexibility index (Phi) is 7.65. The van der Waals surface area contributed by atoms with E-state index in [1.165, 1.54) is 12.5 Å². The number of epoxide rings is 1. The molecule has 2 spiro atoms. The highest BCUT2D eigenvalue weighted by molar-refractivity contribution is 5.91. The summed E-state index contributed by atoms with van der Waals surface area (Å²) in [5.74, 6) is -0.632. The highest BCUT2D eigenvalue weighted by Crippen LogP contribution is 2.87. The number of carbonyl (C=O) groups is 2. The first kappa shape index (κ1) is 34.1. The summed E-state index contributed by atoms with van der Waals surface area (Å²) in [5, 5.41) is 42.7. The molecular weight excluding hydrogens is 604 g/mol. The molecule has 0 aromatic heterocycles. The van der Waals surface area contributed by atoms with Crippen LogP contribution in [-0.4, -0.2) is 93.4 Å². The maximum Gasteiger partial charge on any atom is 0.302 e. The van der Waals surface area contributed by atoms with Crippen molar-refractivity contribution in [1.82, 2.24) is 0 Å². The molecule has 4 saturated carbocycles. The summed E-state index contributed by atoms with van der Waals surface area (Å²) in [7, 11) is 0. The molecule has 0 unspecified atom stereocenters. The van der Waals surface area contributed by atoms with Gasteiger partial charge in [0.05, 0.1) is 18.3 Å². The highest BCUT2D eigenvalue weighted by Gasteiger charge is 2.82. The molecule has 47 heavy (non-hydrogen) atoms. The van der Waals surface area contributed by atoms with Crippen molar-refractivity contribution in [2.24, 2.45) is 44.8 Å². The molecule has 10 heteroatoms. The first-order valence-electron chi connectivity index (χ1n) is 17.9. The predicted molar refractivity (Wildman–Crippen MR) is 170 cm³/mol. The zero-order valence-electron chi connectivity index (χ0n) is 29.3. The average molecular weight is 661 g/mol. The van der Waals surface area contributed by atoms with Gasteiger partial charge < -0.3 is 39.4 Å². The summed E-state index contributed by atoms with van der Waals surface area (Å²) >= 11 is 0. The molecule has 7 rings (SSSR count). The van der Waals surface area contributed by atoms with E-state index in [0.29, 0.717) is 12.3 Å². The van der Waals surface area contributed by atoms with Crippen molar-refractivity contribution in [2.45, 2.75) is 155 Å². The molecule has 2 aliphatic heterocycles. The third-order valence-corrected chi connectivity index (χ3v) is 15.0. The number of ether oxygens (including phenoxy) is 4. The monoisotopic (exact) mass is 660 g/mol. The highest BCUT2D eigenvalue weighted by atomic mass is 16.7. The molecule has 4 N–H and O–H groups in total. The number of esters is 1. The number of Topliss-reactive ketones (excluding diaryl/α,β-unsaturated/α-hetero) is 1. The van der Waals surface area contributed by atoms with Gasteiger partial charge in [0.1, 0.15) is 36.6 Å². The van der Waals surface area contributed by atoms with Gasteiger partial charge in [0.2, 0.25) is 0 Å². The Bertz CT molecular complexity index is 1360. The molecule has 2 heterocycles. The third-order valence-electron chi connectivity index (χ3n) is 15.0. The summed E-state index contributed by atoms with van der Waals surface area (Å²) in [5.41, 5.74) is -0.534. The third kappa shape index (κ3) is 4.47. The van der Waals surface area contributed by atoms with E-state index in [9.17, 15) is 30.0 Å². The van der Waals surface area contributed by atoms with Crippen molar-refractivity contribution in [1.29, 1.82) is 0 Å². The molecule has 7 aliphatic rings. The van der Waals surface area contributed by atoms with Crippen LogP contribution in [0.3, 0.4) is 0 Å². The zero-order valence-corrected chi connectivity index (χ0v) is 29.3. The van der Waals surface area contributed by atoms with Gasteiger partial charge in [-0.25, -0.2) is 0 Å². The fourth-order valence-electron chi connectivity index (χ4n) is 12.4. The molecule has 10 nitrogen and oxygen atoms in total. The molecule has 0 bridgehead atoms. The number of ketones is 1. The lowest BCUT2D eigenvalue weighted by atomic mass is 9.44. The Morgan fingerprint density at radius 3 is 2.36 bits per heavy atom. The van der Waals surface area contributed by atoms with Crippen LogP contribution < -0.4 is 0 Å². The molecule has 0 radical (unpaired) electrons. The van der Waals surface area contributed by atoms with Crippen molar-refractivity contribution >= 4 is 11.8 Å². The van der Waals surface area contributed by atoms with E-state index in [0.717, 1.165) is 38.5 Å². The van der Waals surface area contributed by atoms with Gasteiger partial charge in [0.15, 0.2) is 12.1 Å². The number of rotatable bonds is 7. The van der Waals surface area contributed by atoms with Gasteiger partial charge in [-0.15, -0.1) is 0 Å². The summed E-state index contributed by atoms with van der Waals surface area (Å²) < 4.78 is 23.7. The van der Waals surface area contributed by atoms with E-state index in [-0.39, 0.29) is 64.2 Å². The SMILES string of the molecule is CC(=O)O[C@H](C[C@@H](C)[C@H]1C(=O)[C@H](O)[C@@]2(C)C3=CC[C@H]4C(C)(C)[C@@H](O[C@@H]5OC[C@@H](O)[C@H](O)[C@H]5O)CC[C@@]45C[C@]35CC[C@]12C)[C@@H]1OC1(C)C. The average Bonchev–Trinajstić information content (AvgIpc) is 3.84. The number of carbonyl (C=O) groups excluding carboxylic acids is 2. The van der Waals surface area contributed by atoms with Gasteiger partial charge in [-0.2, -0.15) is 0 Å². The van der Waals surface area contributed by atoms with Crippen LogP contribution in [0.15, 0.2) is 11.6 Å². The molecule has 0 amide bonds. The normalized spacial score (nSPS) is 51.8. The minimum absolute atomic E-state index is 0.0499. The Balaban J connectivity index is 1.15. The van der Waals surface area contributed by atoms with Gasteiger partial charge in [-0.3, -0.25) is 9.59 Å². The van der Waals surface area contributed by atoms with Crippen molar-refractivity contribution in [2.75, 3.05) is 6.61 Å². The number of aliphatic hydroxyl groups excluding tert-OH is 4. The topological polar surface area (TPSA) is 155 Å². The fraction of sp³-hybridized carbons (Fsp3) is 0.892. The van der Waals surface area contributed by atoms with Crippen molar-refractivity contribution < 1.29 is 49.0 Å². The van der Waals surface area contributed by atoms with E-state index in [1.807, 2.05) is 13.8 Å². The predicted octanol–water partition coefficient (Wildman–Crippen LogP) is 3.45. The second kappa shape index (κ2) is 10.6. The van der Waals surface area contributed by atoms with Crippen molar-refractivity contribution in [3.8, 4) is 0 Å². The van der Waals surface area contributed by atoms with Gasteiger partial charge in [0, 0.05) is 18.3 Å². The summed E-state index contributed by atoms with van der Waals surface area (Å²) in [6.07, 6.45) is 1.49. The van der Waals surface area contributed by atoms with Crippen LogP contribution >= 0.6 is 0 Å². The minimum atomic E-state index is -1.32. The van der Waals surface area contributed by atoms with Crippen LogP contribution in [0.25, 0.3) is 0 Å². The lowest BCUT2D eigenvalue weighted by Gasteiger charge is -2.60. The maximum absolute atomic E-state index is 14.2. The van der Waals surface area contributed by atoms with Crippen LogP contribution in [-0.2, 0) is 28.5 Å². The molecule has 15 atom stereocenters. The molecule has 2 saturated heterocycles. The summed E-state index contributed by atoms with van der Waals surface area (Å²) in [6, 6.07) is 0. The minimum Gasteiger partial charge on any atom is -0.460 e. The Labute approximate surface area is 278 Å². The number of fused-ring (bicyclic) bond motifs is 2. The van der Waals surface area contributed by atoms with E-state index >= 15 is 0 Å². The standard InChI is InChI=1S/C37H56O10/c1-18(15-21(45-19(2)38)30-33(5,6)47-30)25-27(41)29(43)35(8)23-10-9-22-32(3,4)24(46-31-28(42)26(40)20(39)16-44-31)11-12-36(22)17-37(23,36)14-13-34(25,35)7/h10,18,20-22,24-26,28-31,39-40,42-43H,9,11-17H2,1-8H3/t18-,20-,21-,22+,24+,25+,26+,28-,29+,30+,31+,34-,35-,36-,37-/m1/s1. The number of allylic oxidation sites excluding steroid dienone is 1. The molecule has 6 fully saturated rings. The van der Waals surface area contributed by atoms with Crippen molar-refractivity contribution in [3.05, 3.63) is 11.6 Å². The fourth-order valence-corrected chi connectivity index (χ4v) is 12.4. The summed E-state index contributed by atoms with van der Waals surface area (Å²) in [6.45, 7) is 16.2. The molecular formula is C37H56O10. The number of hydrogen-bond donors (Lipinski definition) is 4. The van der Waals surface area contributed by atoms with Gasteiger partial charge in [-0.05, 0) is 92.3 Å². The number of hydrogen-bond acceptors (Lipinski definition) is 10. The molecule has 5 aliphatic carbocycles. The van der Waals surface area contributed by atoms with Crippen molar-refractivity contribution in [3.63, 3.8) is 0 Å². The van der Waals surface area contributed by atoms with Crippen LogP contribution in [0.4, 0.5) is 0 Å². The largest absolute Gasteiger partial charge is 0.460 e. The second-order valence-corrected chi connectivity index (χ2v) is 18.0. The second-order valence-electron chi connectivity index (χ2n) is 18.0. The Morgan fingerprint density at radius 2 is 1.72 bits per heavy atom. The first-order chi connectivity index (χ1) is 21.8. The molecule has 264 valence electrons. The van der Waals surface area contributed by atoms with Gasteiger partial charge in [0.25, 0.3) is 0 Å². The Hall–Kier alpha value is -1.40. The molecule has 0 aromatic rings. The lowest BCUT2D eigenvalue weighted by Crippen LogP contribution is -2.58. The quantitative estimate of drug-likeness (QED) is 0.181. The van der Waals surface area contributed by atoms with Crippen LogP contribution in [0, 0.1) is 44.8 Å². The first-order valence-corrected chi connectivity index (χ1v) is 17.9. The number of aliphatic hydroxyl groups is 4. The summed E-state index contributed by atoms with van der Waals surface area (Å²) in [4.78, 5) is 26.3. The van der Waals surface area contributed by atoms with E-state index < -0.39 is 47.6 Å². The smallest absolute Gasteiger partial charge is 0.302 e. The zero-order chi connectivity index (χ0) is 34.3. The van der Waals surface area contributed by atoms with E-state index in [1.54, 1.807) is 0 Å². The lowest BCUT2D eigenvalue weighted by molar-refractivity contribution is -0.300. The van der Waals surface area contributed by atoms with Crippen LogP contribution in [0.5, 0.6) is 0 Å². The van der Waals surface area contributed by atoms with Gasteiger partial charge >= 0.3 is 5.97 Å². The Morgan fingerprint density at radius 1 is 1.04 bits per heavy atom. The maximum atomic E-state index is 14.2. The van der Waals surface area contributed by atoms with Crippen LogP contribution in [0.1, 0.15) is 100 Å².